The van der Waals surface area contributed by atoms with Crippen molar-refractivity contribution in [3.63, 3.8) is 0 Å². The number of methoxy groups -OCH3 is 1. The van der Waals surface area contributed by atoms with E-state index in [0.29, 0.717) is 0 Å². The molecule has 0 unspecified atom stereocenters. The molecule has 20 heavy (non-hydrogen) atoms. The maximum Gasteiger partial charge on any atom is 0.513 e. The summed E-state index contributed by atoms with van der Waals surface area (Å²) in [5, 5.41) is 0. The van der Waals surface area contributed by atoms with Crippen LogP contribution in [0.1, 0.15) is 0 Å². The fourth-order valence-corrected chi connectivity index (χ4v) is 1.63. The Morgan fingerprint density at radius 2 is 1.80 bits per heavy atom. The quantitative estimate of drug-likeness (QED) is 0.618. The molecule has 0 N–H and O–H groups in total. The maximum absolute atomic E-state index is 14.1. The number of ether oxygens (including phenoxy) is 2. The number of rotatable bonds is 2. The summed E-state index contributed by atoms with van der Waals surface area (Å²) in [7, 11) is 1.07. The van der Waals surface area contributed by atoms with Gasteiger partial charge < -0.3 is 9.47 Å². The number of carbonyl (C=O) groups is 1. The molecule has 0 aliphatic rings. The Morgan fingerprint density at radius 1 is 1.05 bits per heavy atom. The number of hydrogen-bond acceptors (Lipinski definition) is 3. The van der Waals surface area contributed by atoms with E-state index in [9.17, 15) is 18.0 Å². The van der Waals surface area contributed by atoms with Crippen LogP contribution in [0.5, 0.6) is 5.75 Å². The molecular formula is C14H9F3O3. The average Bonchev–Trinajstić information content (AvgIpc) is 2.44. The summed E-state index contributed by atoms with van der Waals surface area (Å²) in [5.74, 6) is -2.92. The van der Waals surface area contributed by atoms with Crippen molar-refractivity contribution in [2.75, 3.05) is 7.11 Å². The molecule has 2 rings (SSSR count). The molecule has 0 saturated carbocycles. The Kier molecular flexibility index (Phi) is 3.93. The van der Waals surface area contributed by atoms with Crippen molar-refractivity contribution < 1.29 is 27.4 Å². The van der Waals surface area contributed by atoms with E-state index >= 15 is 0 Å². The number of carbonyl (C=O) groups excluding carboxylic acids is 1. The van der Waals surface area contributed by atoms with Crippen LogP contribution in [-0.2, 0) is 4.74 Å². The van der Waals surface area contributed by atoms with Gasteiger partial charge >= 0.3 is 6.16 Å². The molecule has 0 radical (unpaired) electrons. The Labute approximate surface area is 112 Å². The summed E-state index contributed by atoms with van der Waals surface area (Å²) >= 11 is 0. The Hall–Kier alpha value is -2.50. The standard InChI is InChI=1S/C14H9F3O3/c1-19-14(18)20-12-4-2-3-9(13(12)17)10-7-8(15)5-6-11(10)16/h2-7H,1H3. The molecular weight excluding hydrogens is 273 g/mol. The first-order chi connectivity index (χ1) is 9.52. The summed E-state index contributed by atoms with van der Waals surface area (Å²) in [5.41, 5.74) is -0.485. The minimum Gasteiger partial charge on any atom is -0.437 e. The van der Waals surface area contributed by atoms with E-state index in [2.05, 4.69) is 9.47 Å². The normalized spacial score (nSPS) is 10.2. The monoisotopic (exact) mass is 282 g/mol. The SMILES string of the molecule is COC(=O)Oc1cccc(-c2cc(F)ccc2F)c1F. The van der Waals surface area contributed by atoms with Gasteiger partial charge in [-0.05, 0) is 24.3 Å². The van der Waals surface area contributed by atoms with E-state index in [0.717, 1.165) is 25.3 Å². The van der Waals surface area contributed by atoms with Crippen molar-refractivity contribution in [2.45, 2.75) is 0 Å². The van der Waals surface area contributed by atoms with Gasteiger partial charge in [0.1, 0.15) is 11.6 Å². The molecule has 0 aliphatic heterocycles. The van der Waals surface area contributed by atoms with Crippen LogP contribution in [0.4, 0.5) is 18.0 Å². The molecule has 0 saturated heterocycles. The molecule has 2 aromatic carbocycles. The minimum atomic E-state index is -1.11. The van der Waals surface area contributed by atoms with E-state index < -0.39 is 29.4 Å². The van der Waals surface area contributed by atoms with Gasteiger partial charge in [0, 0.05) is 11.1 Å². The third-order valence-corrected chi connectivity index (χ3v) is 2.54. The first kappa shape index (κ1) is 13.9. The Balaban J connectivity index is 2.50. The Morgan fingerprint density at radius 3 is 2.50 bits per heavy atom. The lowest BCUT2D eigenvalue weighted by molar-refractivity contribution is 0.120. The lowest BCUT2D eigenvalue weighted by Crippen LogP contribution is -2.08. The third-order valence-electron chi connectivity index (χ3n) is 2.54. The van der Waals surface area contributed by atoms with Gasteiger partial charge in [-0.15, -0.1) is 0 Å². The fraction of sp³-hybridized carbons (Fsp3) is 0.0714. The molecule has 6 heteroatoms. The van der Waals surface area contributed by atoms with Gasteiger partial charge in [-0.2, -0.15) is 0 Å². The van der Waals surface area contributed by atoms with Gasteiger partial charge in [-0.3, -0.25) is 0 Å². The summed E-state index contributed by atoms with van der Waals surface area (Å²) in [6.07, 6.45) is -1.11. The molecule has 0 bridgehead atoms. The number of halogens is 3. The molecule has 0 aromatic heterocycles. The zero-order valence-corrected chi connectivity index (χ0v) is 10.3. The fourth-order valence-electron chi connectivity index (χ4n) is 1.63. The zero-order valence-electron chi connectivity index (χ0n) is 10.3. The highest BCUT2D eigenvalue weighted by molar-refractivity contribution is 5.69. The zero-order chi connectivity index (χ0) is 14.7. The van der Waals surface area contributed by atoms with Crippen molar-refractivity contribution in [2.24, 2.45) is 0 Å². The first-order valence-corrected chi connectivity index (χ1v) is 5.52. The van der Waals surface area contributed by atoms with Gasteiger partial charge in [0.25, 0.3) is 0 Å². The summed E-state index contributed by atoms with van der Waals surface area (Å²) in [6, 6.07) is 6.43. The van der Waals surface area contributed by atoms with Crippen LogP contribution in [-0.4, -0.2) is 13.3 Å². The van der Waals surface area contributed by atoms with Crippen molar-refractivity contribution in [3.05, 3.63) is 53.8 Å². The summed E-state index contributed by atoms with van der Waals surface area (Å²) in [4.78, 5) is 11.0. The van der Waals surface area contributed by atoms with Gasteiger partial charge in [0.15, 0.2) is 11.6 Å². The van der Waals surface area contributed by atoms with Crippen LogP contribution in [0.2, 0.25) is 0 Å². The molecule has 0 aliphatic carbocycles. The molecule has 0 amide bonds. The molecule has 3 nitrogen and oxygen atoms in total. The summed E-state index contributed by atoms with van der Waals surface area (Å²) in [6.45, 7) is 0. The van der Waals surface area contributed by atoms with Crippen molar-refractivity contribution in [1.29, 1.82) is 0 Å². The first-order valence-electron chi connectivity index (χ1n) is 5.52. The Bertz CT molecular complexity index is 656. The molecule has 0 fully saturated rings. The smallest absolute Gasteiger partial charge is 0.437 e. The second-order valence-corrected chi connectivity index (χ2v) is 3.80. The van der Waals surface area contributed by atoms with Gasteiger partial charge in [-0.1, -0.05) is 12.1 Å². The predicted octanol–water partition coefficient (Wildman–Crippen LogP) is 3.92. The van der Waals surface area contributed by atoms with Crippen LogP contribution in [0.25, 0.3) is 11.1 Å². The van der Waals surface area contributed by atoms with Crippen molar-refractivity contribution in [3.8, 4) is 16.9 Å². The molecule has 0 atom stereocenters. The van der Waals surface area contributed by atoms with Crippen LogP contribution in [0.15, 0.2) is 36.4 Å². The van der Waals surface area contributed by atoms with Crippen molar-refractivity contribution in [1.82, 2.24) is 0 Å². The van der Waals surface area contributed by atoms with Crippen LogP contribution in [0, 0.1) is 17.5 Å². The molecule has 2 aromatic rings. The van der Waals surface area contributed by atoms with E-state index in [-0.39, 0.29) is 11.1 Å². The lowest BCUT2D eigenvalue weighted by atomic mass is 10.0. The van der Waals surface area contributed by atoms with Gasteiger partial charge in [-0.25, -0.2) is 18.0 Å². The molecule has 0 heterocycles. The highest BCUT2D eigenvalue weighted by Gasteiger charge is 2.17. The van der Waals surface area contributed by atoms with E-state index in [1.807, 2.05) is 0 Å². The summed E-state index contributed by atoms with van der Waals surface area (Å²) < 4.78 is 49.7. The minimum absolute atomic E-state index is 0.219. The van der Waals surface area contributed by atoms with Crippen molar-refractivity contribution >= 4 is 6.16 Å². The van der Waals surface area contributed by atoms with E-state index in [1.165, 1.54) is 18.2 Å². The van der Waals surface area contributed by atoms with E-state index in [4.69, 9.17) is 0 Å². The second-order valence-electron chi connectivity index (χ2n) is 3.80. The topological polar surface area (TPSA) is 35.5 Å². The lowest BCUT2D eigenvalue weighted by Gasteiger charge is -2.09. The van der Waals surface area contributed by atoms with Crippen LogP contribution in [0.3, 0.4) is 0 Å². The average molecular weight is 282 g/mol. The van der Waals surface area contributed by atoms with Gasteiger partial charge in [0.2, 0.25) is 0 Å². The van der Waals surface area contributed by atoms with E-state index in [1.54, 1.807) is 0 Å². The molecule has 104 valence electrons. The number of hydrogen-bond donors (Lipinski definition) is 0. The second kappa shape index (κ2) is 5.64. The largest absolute Gasteiger partial charge is 0.513 e. The number of benzene rings is 2. The highest BCUT2D eigenvalue weighted by Crippen LogP contribution is 2.31. The third kappa shape index (κ3) is 2.74. The van der Waals surface area contributed by atoms with Crippen LogP contribution >= 0.6 is 0 Å². The predicted molar refractivity (Wildman–Crippen MR) is 64.8 cm³/mol. The van der Waals surface area contributed by atoms with Crippen LogP contribution < -0.4 is 4.74 Å². The van der Waals surface area contributed by atoms with Gasteiger partial charge in [0.05, 0.1) is 7.11 Å². The maximum atomic E-state index is 14.1. The highest BCUT2D eigenvalue weighted by atomic mass is 19.1. The molecule has 0 spiro atoms.